The van der Waals surface area contributed by atoms with Crippen molar-refractivity contribution in [3.8, 4) is 11.5 Å². The molecule has 2 aromatic carbocycles. The van der Waals surface area contributed by atoms with E-state index in [1.165, 1.54) is 38.4 Å². The zero-order valence-corrected chi connectivity index (χ0v) is 18.4. The third-order valence-corrected chi connectivity index (χ3v) is 5.60. The molecule has 0 aliphatic heterocycles. The number of esters is 1. The quantitative estimate of drug-likeness (QED) is 0.586. The van der Waals surface area contributed by atoms with Gasteiger partial charge in [-0.05, 0) is 42.3 Å². The Balaban J connectivity index is 2.47. The molecule has 0 saturated carbocycles. The highest BCUT2D eigenvalue weighted by atomic mass is 32.2. The van der Waals surface area contributed by atoms with Gasteiger partial charge in [-0.2, -0.15) is 0 Å². The standard InChI is InChI=1S/C21H25NO7S/c1-14-6-7-18(30(5,25)26)11-19(14)21(24)22(13-20(23)29-4)12-15-8-16(27-2)10-17(9-15)28-3/h6-11H,12-13H2,1-5H3. The maximum absolute atomic E-state index is 13.3. The van der Waals surface area contributed by atoms with E-state index in [-0.39, 0.29) is 23.5 Å². The topological polar surface area (TPSA) is 99.2 Å². The van der Waals surface area contributed by atoms with Crippen molar-refractivity contribution in [3.05, 3.63) is 53.1 Å². The van der Waals surface area contributed by atoms with E-state index in [0.29, 0.717) is 22.6 Å². The highest BCUT2D eigenvalue weighted by Crippen LogP contribution is 2.25. The smallest absolute Gasteiger partial charge is 0.325 e. The van der Waals surface area contributed by atoms with Crippen molar-refractivity contribution in [2.45, 2.75) is 18.4 Å². The molecular weight excluding hydrogens is 410 g/mol. The number of carbonyl (C=O) groups is 2. The fraction of sp³-hybridized carbons (Fsp3) is 0.333. The maximum Gasteiger partial charge on any atom is 0.325 e. The number of aryl methyl sites for hydroxylation is 1. The van der Waals surface area contributed by atoms with Crippen LogP contribution in [0.4, 0.5) is 0 Å². The van der Waals surface area contributed by atoms with Gasteiger partial charge in [0.2, 0.25) is 0 Å². The Hall–Kier alpha value is -3.07. The Morgan fingerprint density at radius 3 is 2.07 bits per heavy atom. The van der Waals surface area contributed by atoms with E-state index in [4.69, 9.17) is 14.2 Å². The molecule has 0 radical (unpaired) electrons. The number of sulfone groups is 1. The minimum Gasteiger partial charge on any atom is -0.497 e. The fourth-order valence-corrected chi connectivity index (χ4v) is 3.48. The molecule has 9 heteroatoms. The predicted octanol–water partition coefficient (Wildman–Crippen LogP) is 2.23. The van der Waals surface area contributed by atoms with Gasteiger partial charge < -0.3 is 19.1 Å². The van der Waals surface area contributed by atoms with Gasteiger partial charge >= 0.3 is 5.97 Å². The molecule has 0 spiro atoms. The summed E-state index contributed by atoms with van der Waals surface area (Å²) in [6, 6.07) is 9.46. The monoisotopic (exact) mass is 435 g/mol. The number of nitrogens with zero attached hydrogens (tertiary/aromatic N) is 1. The number of benzene rings is 2. The Bertz CT molecular complexity index is 1030. The van der Waals surface area contributed by atoms with Crippen molar-refractivity contribution in [2.24, 2.45) is 0 Å². The Labute approximate surface area is 176 Å². The summed E-state index contributed by atoms with van der Waals surface area (Å²) in [4.78, 5) is 26.5. The summed E-state index contributed by atoms with van der Waals surface area (Å²) >= 11 is 0. The van der Waals surface area contributed by atoms with Crippen molar-refractivity contribution >= 4 is 21.7 Å². The van der Waals surface area contributed by atoms with Crippen LogP contribution in [0.1, 0.15) is 21.5 Å². The van der Waals surface area contributed by atoms with Crippen LogP contribution in [0.5, 0.6) is 11.5 Å². The number of rotatable bonds is 8. The van der Waals surface area contributed by atoms with E-state index in [0.717, 1.165) is 6.26 Å². The van der Waals surface area contributed by atoms with Gasteiger partial charge in [0, 0.05) is 24.4 Å². The molecule has 1 amide bonds. The molecule has 0 unspecified atom stereocenters. The molecule has 0 aliphatic rings. The molecule has 0 aliphatic carbocycles. The van der Waals surface area contributed by atoms with Crippen molar-refractivity contribution < 1.29 is 32.2 Å². The summed E-state index contributed by atoms with van der Waals surface area (Å²) in [6.07, 6.45) is 1.07. The average Bonchev–Trinajstić information content (AvgIpc) is 2.71. The average molecular weight is 435 g/mol. The van der Waals surface area contributed by atoms with E-state index >= 15 is 0 Å². The third-order valence-electron chi connectivity index (χ3n) is 4.49. The van der Waals surface area contributed by atoms with E-state index < -0.39 is 21.7 Å². The molecule has 162 valence electrons. The van der Waals surface area contributed by atoms with Crippen LogP contribution < -0.4 is 9.47 Å². The number of hydrogen-bond donors (Lipinski definition) is 0. The van der Waals surface area contributed by atoms with Gasteiger partial charge in [0.05, 0.1) is 26.2 Å². The molecule has 0 aromatic heterocycles. The van der Waals surface area contributed by atoms with E-state index in [1.807, 2.05) is 0 Å². The maximum atomic E-state index is 13.3. The highest BCUT2D eigenvalue weighted by molar-refractivity contribution is 7.90. The van der Waals surface area contributed by atoms with Gasteiger partial charge in [0.1, 0.15) is 18.0 Å². The first-order valence-corrected chi connectivity index (χ1v) is 10.9. The summed E-state index contributed by atoms with van der Waals surface area (Å²) in [6.45, 7) is 1.45. The number of hydrogen-bond acceptors (Lipinski definition) is 7. The van der Waals surface area contributed by atoms with E-state index in [2.05, 4.69) is 0 Å². The lowest BCUT2D eigenvalue weighted by Crippen LogP contribution is -2.36. The Kier molecular flexibility index (Phi) is 7.44. The number of ether oxygens (including phenoxy) is 3. The fourth-order valence-electron chi connectivity index (χ4n) is 2.83. The minimum absolute atomic E-state index is 0.0255. The summed E-state index contributed by atoms with van der Waals surface area (Å²) in [5.74, 6) is -0.0320. The van der Waals surface area contributed by atoms with Gasteiger partial charge in [0.25, 0.3) is 5.91 Å². The van der Waals surface area contributed by atoms with E-state index in [1.54, 1.807) is 31.2 Å². The second-order valence-electron chi connectivity index (χ2n) is 6.71. The first-order chi connectivity index (χ1) is 14.1. The number of methoxy groups -OCH3 is 3. The molecule has 0 bridgehead atoms. The Morgan fingerprint density at radius 2 is 1.57 bits per heavy atom. The van der Waals surface area contributed by atoms with Gasteiger partial charge in [-0.15, -0.1) is 0 Å². The molecule has 0 fully saturated rings. The molecule has 0 N–H and O–H groups in total. The molecule has 0 atom stereocenters. The largest absolute Gasteiger partial charge is 0.497 e. The zero-order chi connectivity index (χ0) is 22.5. The van der Waals surface area contributed by atoms with Crippen LogP contribution in [0.15, 0.2) is 41.3 Å². The number of amides is 1. The second-order valence-corrected chi connectivity index (χ2v) is 8.72. The molecule has 8 nitrogen and oxygen atoms in total. The molecule has 30 heavy (non-hydrogen) atoms. The summed E-state index contributed by atoms with van der Waals surface area (Å²) in [7, 11) is 0.750. The molecular formula is C21H25NO7S. The lowest BCUT2D eigenvalue weighted by Gasteiger charge is -2.23. The van der Waals surface area contributed by atoms with Crippen molar-refractivity contribution in [3.63, 3.8) is 0 Å². The van der Waals surface area contributed by atoms with Crippen LogP contribution in [0.25, 0.3) is 0 Å². The second kappa shape index (κ2) is 9.62. The predicted molar refractivity (Wildman–Crippen MR) is 111 cm³/mol. The Morgan fingerprint density at radius 1 is 0.967 bits per heavy atom. The van der Waals surface area contributed by atoms with Gasteiger partial charge in [-0.3, -0.25) is 9.59 Å². The van der Waals surface area contributed by atoms with E-state index in [9.17, 15) is 18.0 Å². The van der Waals surface area contributed by atoms with Crippen LogP contribution in [0.3, 0.4) is 0 Å². The highest BCUT2D eigenvalue weighted by Gasteiger charge is 2.23. The van der Waals surface area contributed by atoms with Crippen LogP contribution >= 0.6 is 0 Å². The van der Waals surface area contributed by atoms with Crippen molar-refractivity contribution in [1.82, 2.24) is 4.90 Å². The summed E-state index contributed by atoms with van der Waals surface area (Å²) < 4.78 is 39.1. The molecule has 2 aromatic rings. The van der Waals surface area contributed by atoms with Crippen LogP contribution in [-0.4, -0.2) is 59.3 Å². The lowest BCUT2D eigenvalue weighted by atomic mass is 10.1. The van der Waals surface area contributed by atoms with Crippen LogP contribution in [-0.2, 0) is 25.9 Å². The molecule has 0 heterocycles. The number of carbonyl (C=O) groups excluding carboxylic acids is 2. The minimum atomic E-state index is -3.50. The van der Waals surface area contributed by atoms with Crippen LogP contribution in [0, 0.1) is 6.92 Å². The zero-order valence-electron chi connectivity index (χ0n) is 17.6. The van der Waals surface area contributed by atoms with Gasteiger partial charge in [-0.1, -0.05) is 6.07 Å². The summed E-state index contributed by atoms with van der Waals surface area (Å²) in [5.41, 5.74) is 1.45. The van der Waals surface area contributed by atoms with Gasteiger partial charge in [0.15, 0.2) is 9.84 Å². The molecule has 2 rings (SSSR count). The first-order valence-electron chi connectivity index (χ1n) is 8.97. The summed E-state index contributed by atoms with van der Waals surface area (Å²) in [5, 5.41) is 0. The third kappa shape index (κ3) is 5.73. The van der Waals surface area contributed by atoms with Crippen LogP contribution in [0.2, 0.25) is 0 Å². The molecule has 0 saturated heterocycles. The van der Waals surface area contributed by atoms with Crippen molar-refractivity contribution in [2.75, 3.05) is 34.1 Å². The van der Waals surface area contributed by atoms with Crippen molar-refractivity contribution in [1.29, 1.82) is 0 Å². The SMILES string of the molecule is COC(=O)CN(Cc1cc(OC)cc(OC)c1)C(=O)c1cc(S(C)(=O)=O)ccc1C. The first kappa shape index (κ1) is 23.2. The lowest BCUT2D eigenvalue weighted by molar-refractivity contribution is -0.141. The van der Waals surface area contributed by atoms with Gasteiger partial charge in [-0.25, -0.2) is 8.42 Å². The normalized spacial score (nSPS) is 11.0.